The number of benzene rings is 1. The third-order valence-corrected chi connectivity index (χ3v) is 6.23. The Morgan fingerprint density at radius 1 is 1.35 bits per heavy atom. The predicted molar refractivity (Wildman–Crippen MR) is 112 cm³/mol. The summed E-state index contributed by atoms with van der Waals surface area (Å²) in [4.78, 5) is 7.07. The molecule has 5 nitrogen and oxygen atoms in total. The molecule has 1 aliphatic heterocycles. The van der Waals surface area contributed by atoms with Gasteiger partial charge >= 0.3 is 0 Å². The summed E-state index contributed by atoms with van der Waals surface area (Å²) >= 11 is 1.92. The van der Waals surface area contributed by atoms with Gasteiger partial charge in [0.15, 0.2) is 5.96 Å². The standard InChI is InChI=1S/C20H33N3O2S/c1-5-21-19(22-16-20(26-4)10-13-24-14-11-20)23(3)12-15-25-18-9-7-6-8-17(18)2/h6-9H,5,10-16H2,1-4H3,(H,21,22). The third-order valence-electron chi connectivity index (χ3n) is 4.83. The fourth-order valence-corrected chi connectivity index (χ4v) is 3.74. The van der Waals surface area contributed by atoms with Crippen LogP contribution in [0.5, 0.6) is 5.75 Å². The van der Waals surface area contributed by atoms with Crippen LogP contribution in [-0.2, 0) is 4.74 Å². The van der Waals surface area contributed by atoms with Gasteiger partial charge in [0.1, 0.15) is 12.4 Å². The van der Waals surface area contributed by atoms with Gasteiger partial charge in [-0.05, 0) is 44.6 Å². The first-order valence-electron chi connectivity index (χ1n) is 9.41. The number of thioether (sulfide) groups is 1. The van der Waals surface area contributed by atoms with Crippen molar-refractivity contribution >= 4 is 17.7 Å². The summed E-state index contributed by atoms with van der Waals surface area (Å²) in [5.74, 6) is 1.90. The number of ether oxygens (including phenoxy) is 2. The van der Waals surface area contributed by atoms with Crippen LogP contribution in [0.3, 0.4) is 0 Å². The summed E-state index contributed by atoms with van der Waals surface area (Å²) < 4.78 is 11.7. The van der Waals surface area contributed by atoms with Gasteiger partial charge in [-0.3, -0.25) is 4.99 Å². The minimum Gasteiger partial charge on any atom is -0.491 e. The summed E-state index contributed by atoms with van der Waals surface area (Å²) in [6.07, 6.45) is 4.32. The monoisotopic (exact) mass is 379 g/mol. The summed E-state index contributed by atoms with van der Waals surface area (Å²) in [6, 6.07) is 8.12. The Kier molecular flexibility index (Phi) is 8.59. The highest BCUT2D eigenvalue weighted by Gasteiger charge is 2.31. The lowest BCUT2D eigenvalue weighted by atomic mass is 9.99. The summed E-state index contributed by atoms with van der Waals surface area (Å²) in [5.41, 5.74) is 1.16. The smallest absolute Gasteiger partial charge is 0.193 e. The van der Waals surface area contributed by atoms with Gasteiger partial charge in [0.2, 0.25) is 0 Å². The van der Waals surface area contributed by atoms with Crippen molar-refractivity contribution in [2.24, 2.45) is 4.99 Å². The van der Waals surface area contributed by atoms with E-state index in [1.165, 1.54) is 0 Å². The number of nitrogens with one attached hydrogen (secondary N) is 1. The van der Waals surface area contributed by atoms with E-state index in [-0.39, 0.29) is 4.75 Å². The van der Waals surface area contributed by atoms with Gasteiger partial charge in [0.05, 0.1) is 13.1 Å². The molecule has 1 N–H and O–H groups in total. The first-order valence-corrected chi connectivity index (χ1v) is 10.6. The molecule has 0 atom stereocenters. The topological polar surface area (TPSA) is 46.1 Å². The van der Waals surface area contributed by atoms with Crippen molar-refractivity contribution < 1.29 is 9.47 Å². The molecule has 1 heterocycles. The number of likely N-dealkylation sites (N-methyl/N-ethyl adjacent to an activating group) is 1. The molecule has 1 aliphatic rings. The largest absolute Gasteiger partial charge is 0.491 e. The van der Waals surface area contributed by atoms with Crippen molar-refractivity contribution in [3.05, 3.63) is 29.8 Å². The van der Waals surface area contributed by atoms with Crippen molar-refractivity contribution in [1.29, 1.82) is 0 Å². The molecular weight excluding hydrogens is 346 g/mol. The number of hydrogen-bond acceptors (Lipinski definition) is 4. The SMILES string of the molecule is CCNC(=NCC1(SC)CCOCC1)N(C)CCOc1ccccc1C. The highest BCUT2D eigenvalue weighted by Crippen LogP contribution is 2.34. The van der Waals surface area contributed by atoms with Crippen LogP contribution in [-0.4, -0.2) is 68.4 Å². The molecule has 0 aromatic heterocycles. The van der Waals surface area contributed by atoms with E-state index < -0.39 is 0 Å². The molecule has 0 spiro atoms. The molecule has 0 aliphatic carbocycles. The van der Waals surface area contributed by atoms with Crippen molar-refractivity contribution in [3.8, 4) is 5.75 Å². The van der Waals surface area contributed by atoms with E-state index in [1.807, 2.05) is 30.0 Å². The van der Waals surface area contributed by atoms with Crippen molar-refractivity contribution in [3.63, 3.8) is 0 Å². The minimum absolute atomic E-state index is 0.206. The minimum atomic E-state index is 0.206. The van der Waals surface area contributed by atoms with E-state index in [0.29, 0.717) is 6.61 Å². The van der Waals surface area contributed by atoms with Crippen LogP contribution in [0, 0.1) is 6.92 Å². The molecule has 0 saturated carbocycles. The lowest BCUT2D eigenvalue weighted by molar-refractivity contribution is 0.0793. The number of guanidine groups is 1. The zero-order valence-electron chi connectivity index (χ0n) is 16.6. The average Bonchev–Trinajstić information content (AvgIpc) is 2.67. The van der Waals surface area contributed by atoms with Gasteiger partial charge in [0, 0.05) is 31.6 Å². The molecule has 26 heavy (non-hydrogen) atoms. The van der Waals surface area contributed by atoms with Gasteiger partial charge in [0.25, 0.3) is 0 Å². The fourth-order valence-electron chi connectivity index (χ4n) is 2.98. The molecule has 1 aromatic carbocycles. The molecule has 1 saturated heterocycles. The number of aryl methyl sites for hydroxylation is 1. The Balaban J connectivity index is 1.91. The molecule has 0 unspecified atom stereocenters. The predicted octanol–water partition coefficient (Wildman–Crippen LogP) is 3.18. The molecule has 6 heteroatoms. The van der Waals surface area contributed by atoms with Crippen molar-refractivity contribution in [2.75, 3.05) is 52.8 Å². The Bertz CT molecular complexity index is 574. The normalized spacial score (nSPS) is 17.0. The Morgan fingerprint density at radius 2 is 2.08 bits per heavy atom. The number of para-hydroxylation sites is 1. The number of aliphatic imine (C=N–C) groups is 1. The van der Waals surface area contributed by atoms with Crippen LogP contribution in [0.4, 0.5) is 0 Å². The first-order chi connectivity index (χ1) is 12.6. The number of nitrogens with zero attached hydrogens (tertiary/aromatic N) is 2. The second-order valence-corrected chi connectivity index (χ2v) is 7.98. The molecule has 0 amide bonds. The zero-order chi connectivity index (χ0) is 18.8. The van der Waals surface area contributed by atoms with Gasteiger partial charge in [-0.2, -0.15) is 11.8 Å². The van der Waals surface area contributed by atoms with E-state index in [0.717, 1.165) is 63.0 Å². The fraction of sp³-hybridized carbons (Fsp3) is 0.650. The molecule has 1 aromatic rings. The van der Waals surface area contributed by atoms with Crippen LogP contribution >= 0.6 is 11.8 Å². The summed E-state index contributed by atoms with van der Waals surface area (Å²) in [6.45, 7) is 8.95. The van der Waals surface area contributed by atoms with Gasteiger partial charge in [-0.25, -0.2) is 0 Å². The molecular formula is C20H33N3O2S. The molecule has 2 rings (SSSR count). The quantitative estimate of drug-likeness (QED) is 0.555. The molecule has 146 valence electrons. The van der Waals surface area contributed by atoms with E-state index in [1.54, 1.807) is 0 Å². The van der Waals surface area contributed by atoms with E-state index >= 15 is 0 Å². The second-order valence-electron chi connectivity index (χ2n) is 6.71. The highest BCUT2D eigenvalue weighted by atomic mass is 32.2. The lowest BCUT2D eigenvalue weighted by Crippen LogP contribution is -2.43. The van der Waals surface area contributed by atoms with Crippen molar-refractivity contribution in [1.82, 2.24) is 10.2 Å². The van der Waals surface area contributed by atoms with Crippen LogP contribution in [0.1, 0.15) is 25.3 Å². The summed E-state index contributed by atoms with van der Waals surface area (Å²) in [7, 11) is 2.07. The highest BCUT2D eigenvalue weighted by molar-refractivity contribution is 8.00. The third kappa shape index (κ3) is 6.09. The molecule has 0 radical (unpaired) electrons. The first kappa shape index (κ1) is 20.9. The molecule has 0 bridgehead atoms. The Labute approximate surface area is 162 Å². The van der Waals surface area contributed by atoms with E-state index in [4.69, 9.17) is 14.5 Å². The van der Waals surface area contributed by atoms with Crippen LogP contribution in [0.15, 0.2) is 29.3 Å². The maximum absolute atomic E-state index is 5.93. The van der Waals surface area contributed by atoms with Gasteiger partial charge in [-0.15, -0.1) is 0 Å². The van der Waals surface area contributed by atoms with E-state index in [2.05, 4.69) is 43.4 Å². The summed E-state index contributed by atoms with van der Waals surface area (Å²) in [5, 5.41) is 3.40. The van der Waals surface area contributed by atoms with Gasteiger partial charge in [-0.1, -0.05) is 18.2 Å². The van der Waals surface area contributed by atoms with E-state index in [9.17, 15) is 0 Å². The van der Waals surface area contributed by atoms with Gasteiger partial charge < -0.3 is 19.7 Å². The molecule has 1 fully saturated rings. The zero-order valence-corrected chi connectivity index (χ0v) is 17.4. The lowest BCUT2D eigenvalue weighted by Gasteiger charge is -2.34. The second kappa shape index (κ2) is 10.7. The maximum Gasteiger partial charge on any atom is 0.193 e. The average molecular weight is 380 g/mol. The number of hydrogen-bond donors (Lipinski definition) is 1. The van der Waals surface area contributed by atoms with Crippen LogP contribution in [0.25, 0.3) is 0 Å². The van der Waals surface area contributed by atoms with Crippen LogP contribution < -0.4 is 10.1 Å². The maximum atomic E-state index is 5.93. The Morgan fingerprint density at radius 3 is 2.73 bits per heavy atom. The van der Waals surface area contributed by atoms with Crippen molar-refractivity contribution in [2.45, 2.75) is 31.4 Å². The number of rotatable bonds is 8. The Hall–Kier alpha value is -1.40. The van der Waals surface area contributed by atoms with Crippen LogP contribution in [0.2, 0.25) is 0 Å².